The van der Waals surface area contributed by atoms with Crippen molar-refractivity contribution in [3.63, 3.8) is 0 Å². The number of hydrogen-bond donors (Lipinski definition) is 1. The fraction of sp³-hybridized carbons (Fsp3) is 0.182. The van der Waals surface area contributed by atoms with Crippen molar-refractivity contribution in [1.29, 1.82) is 0 Å². The van der Waals surface area contributed by atoms with Crippen molar-refractivity contribution in [1.82, 2.24) is 4.90 Å². The van der Waals surface area contributed by atoms with Gasteiger partial charge in [0.2, 0.25) is 17.7 Å². The van der Waals surface area contributed by atoms with Gasteiger partial charge in [-0.25, -0.2) is 0 Å². The van der Waals surface area contributed by atoms with Crippen LogP contribution in [-0.4, -0.2) is 33.6 Å². The van der Waals surface area contributed by atoms with Crippen molar-refractivity contribution >= 4 is 29.1 Å². The standard InChI is InChI=1S/C33H25N3O5/c37-31(34-20-11-8-12-21(18-20)36(40)41)26(17-19-9-2-1-3-10-19)35-32(38)29-27-22-13-4-5-14-23(22)28(30(29)33(35)39)25-16-7-6-15-24(25)27/h1-16,18,26-30H,17H2,(H,34,37)/t26-,27?,28?,29-,30+/m0/s1. The first-order valence-corrected chi connectivity index (χ1v) is 13.6. The quantitative estimate of drug-likeness (QED) is 0.208. The van der Waals surface area contributed by atoms with E-state index in [-0.39, 0.29) is 41.4 Å². The van der Waals surface area contributed by atoms with Crippen LogP contribution < -0.4 is 5.32 Å². The fourth-order valence-corrected chi connectivity index (χ4v) is 7.07. The Kier molecular flexibility index (Phi) is 5.78. The number of non-ortho nitro benzene ring substituents is 1. The predicted octanol–water partition coefficient (Wildman–Crippen LogP) is 5.04. The minimum Gasteiger partial charge on any atom is -0.324 e. The number of amides is 3. The van der Waals surface area contributed by atoms with E-state index < -0.39 is 28.7 Å². The maximum atomic E-state index is 14.3. The second kappa shape index (κ2) is 9.52. The summed E-state index contributed by atoms with van der Waals surface area (Å²) in [6, 6.07) is 29.7. The van der Waals surface area contributed by atoms with Crippen LogP contribution in [0.15, 0.2) is 103 Å². The van der Waals surface area contributed by atoms with Crippen LogP contribution in [0.25, 0.3) is 0 Å². The number of nitro benzene ring substituents is 1. The Balaban J connectivity index is 1.30. The van der Waals surface area contributed by atoms with E-state index in [1.807, 2.05) is 78.9 Å². The summed E-state index contributed by atoms with van der Waals surface area (Å²) in [6.45, 7) is 0. The van der Waals surface area contributed by atoms with E-state index in [0.717, 1.165) is 27.8 Å². The Morgan fingerprint density at radius 3 is 1.78 bits per heavy atom. The number of hydrogen-bond acceptors (Lipinski definition) is 5. The van der Waals surface area contributed by atoms with E-state index in [2.05, 4.69) is 5.32 Å². The minimum absolute atomic E-state index is 0.119. The molecule has 1 aliphatic heterocycles. The van der Waals surface area contributed by atoms with Gasteiger partial charge in [0.05, 0.1) is 16.8 Å². The summed E-state index contributed by atoms with van der Waals surface area (Å²) in [6.07, 6.45) is 0.119. The molecule has 4 aromatic rings. The summed E-state index contributed by atoms with van der Waals surface area (Å²) in [4.78, 5) is 54.5. The number of nitrogens with zero attached hydrogens (tertiary/aromatic N) is 2. The Morgan fingerprint density at radius 2 is 1.27 bits per heavy atom. The van der Waals surface area contributed by atoms with Crippen LogP contribution in [0.1, 0.15) is 39.7 Å². The molecule has 8 nitrogen and oxygen atoms in total. The maximum Gasteiger partial charge on any atom is 0.271 e. The van der Waals surface area contributed by atoms with Crippen molar-refractivity contribution in [2.45, 2.75) is 24.3 Å². The number of rotatable bonds is 6. The lowest BCUT2D eigenvalue weighted by atomic mass is 9.55. The average Bonchev–Trinajstić information content (AvgIpc) is 3.26. The summed E-state index contributed by atoms with van der Waals surface area (Å²) in [5.41, 5.74) is 5.06. The number of benzene rings is 4. The van der Waals surface area contributed by atoms with Gasteiger partial charge >= 0.3 is 0 Å². The molecule has 4 aromatic carbocycles. The van der Waals surface area contributed by atoms with E-state index in [4.69, 9.17) is 0 Å². The van der Waals surface area contributed by atoms with Crippen molar-refractivity contribution in [3.8, 4) is 0 Å². The van der Waals surface area contributed by atoms with Crippen LogP contribution in [-0.2, 0) is 20.8 Å². The third-order valence-corrected chi connectivity index (χ3v) is 8.69. The van der Waals surface area contributed by atoms with Gasteiger partial charge in [-0.3, -0.25) is 29.4 Å². The minimum atomic E-state index is -1.13. The lowest BCUT2D eigenvalue weighted by Crippen LogP contribution is -2.49. The molecule has 4 aliphatic rings. The summed E-state index contributed by atoms with van der Waals surface area (Å²) >= 11 is 0. The highest BCUT2D eigenvalue weighted by Gasteiger charge is 2.63. The molecule has 3 atom stereocenters. The summed E-state index contributed by atoms with van der Waals surface area (Å²) in [7, 11) is 0. The van der Waals surface area contributed by atoms with Crippen LogP contribution >= 0.6 is 0 Å². The van der Waals surface area contributed by atoms with Crippen LogP contribution in [0.4, 0.5) is 11.4 Å². The third kappa shape index (κ3) is 3.86. The van der Waals surface area contributed by atoms with Gasteiger partial charge in [0.1, 0.15) is 6.04 Å². The van der Waals surface area contributed by atoms with Gasteiger partial charge in [-0.05, 0) is 33.9 Å². The van der Waals surface area contributed by atoms with Crippen molar-refractivity contribution < 1.29 is 19.3 Å². The van der Waals surface area contributed by atoms with Gasteiger partial charge in [-0.2, -0.15) is 0 Å². The zero-order chi connectivity index (χ0) is 28.2. The van der Waals surface area contributed by atoms with E-state index in [1.54, 1.807) is 6.07 Å². The van der Waals surface area contributed by atoms with Crippen LogP contribution in [0.3, 0.4) is 0 Å². The van der Waals surface area contributed by atoms with Crippen LogP contribution in [0, 0.1) is 22.0 Å². The number of likely N-dealkylation sites (tertiary alicyclic amines) is 1. The highest BCUT2D eigenvalue weighted by molar-refractivity contribution is 6.11. The molecule has 0 spiro atoms. The molecular formula is C33H25N3O5. The van der Waals surface area contributed by atoms with Gasteiger partial charge in [-0.15, -0.1) is 0 Å². The molecule has 3 amide bonds. The monoisotopic (exact) mass is 543 g/mol. The molecule has 0 saturated carbocycles. The van der Waals surface area contributed by atoms with Crippen LogP contribution in [0.5, 0.6) is 0 Å². The number of anilines is 1. The number of carbonyl (C=O) groups excluding carboxylic acids is 3. The molecular weight excluding hydrogens is 518 g/mol. The number of imide groups is 1. The molecule has 1 fully saturated rings. The van der Waals surface area contributed by atoms with Crippen LogP contribution in [0.2, 0.25) is 0 Å². The zero-order valence-electron chi connectivity index (χ0n) is 21.8. The maximum absolute atomic E-state index is 14.3. The van der Waals surface area contributed by atoms with Gasteiger partial charge in [0.15, 0.2) is 0 Å². The Morgan fingerprint density at radius 1 is 0.756 bits per heavy atom. The molecule has 2 bridgehead atoms. The Bertz CT molecular complexity index is 1620. The first kappa shape index (κ1) is 24.9. The molecule has 1 N–H and O–H groups in total. The highest BCUT2D eigenvalue weighted by Crippen LogP contribution is 2.61. The Labute approximate surface area is 235 Å². The fourth-order valence-electron chi connectivity index (χ4n) is 7.07. The summed E-state index contributed by atoms with van der Waals surface area (Å²) < 4.78 is 0. The highest BCUT2D eigenvalue weighted by atomic mass is 16.6. The number of nitrogens with one attached hydrogen (secondary N) is 1. The molecule has 0 radical (unpaired) electrons. The van der Waals surface area contributed by atoms with E-state index in [9.17, 15) is 24.5 Å². The molecule has 3 aliphatic carbocycles. The molecule has 1 heterocycles. The average molecular weight is 544 g/mol. The molecule has 8 heteroatoms. The SMILES string of the molecule is O=C(Nc1cccc([N+](=O)[O-])c1)[C@H](Cc1ccccc1)N1C(=O)[C@@H]2C3c4ccccc4C(c4ccccc43)[C@@H]2C1=O. The number of nitro groups is 1. The van der Waals surface area contributed by atoms with E-state index in [0.29, 0.717) is 0 Å². The van der Waals surface area contributed by atoms with Crippen molar-refractivity contribution in [2.24, 2.45) is 11.8 Å². The normalized spacial score (nSPS) is 22.5. The molecule has 0 aromatic heterocycles. The smallest absolute Gasteiger partial charge is 0.271 e. The second-order valence-corrected chi connectivity index (χ2v) is 10.8. The number of carbonyl (C=O) groups is 3. The molecule has 0 unspecified atom stereocenters. The zero-order valence-corrected chi connectivity index (χ0v) is 21.8. The molecule has 41 heavy (non-hydrogen) atoms. The lowest BCUT2D eigenvalue weighted by Gasteiger charge is -2.45. The van der Waals surface area contributed by atoms with Crippen molar-refractivity contribution in [3.05, 3.63) is 141 Å². The van der Waals surface area contributed by atoms with E-state index in [1.165, 1.54) is 23.1 Å². The van der Waals surface area contributed by atoms with Gasteiger partial charge in [0, 0.05) is 36.1 Å². The van der Waals surface area contributed by atoms with Gasteiger partial charge < -0.3 is 5.32 Å². The van der Waals surface area contributed by atoms with Crippen molar-refractivity contribution in [2.75, 3.05) is 5.32 Å². The summed E-state index contributed by atoms with van der Waals surface area (Å²) in [5, 5.41) is 14.0. The summed E-state index contributed by atoms with van der Waals surface area (Å²) in [5.74, 6) is -3.06. The molecule has 1 saturated heterocycles. The molecule has 8 rings (SSSR count). The largest absolute Gasteiger partial charge is 0.324 e. The predicted molar refractivity (Wildman–Crippen MR) is 151 cm³/mol. The Hall–Kier alpha value is -5.11. The lowest BCUT2D eigenvalue weighted by molar-refractivity contribution is -0.384. The third-order valence-electron chi connectivity index (χ3n) is 8.69. The first-order chi connectivity index (χ1) is 19.9. The first-order valence-electron chi connectivity index (χ1n) is 13.6. The second-order valence-electron chi connectivity index (χ2n) is 10.8. The topological polar surface area (TPSA) is 110 Å². The van der Waals surface area contributed by atoms with Gasteiger partial charge in [-0.1, -0.05) is 84.9 Å². The van der Waals surface area contributed by atoms with E-state index >= 15 is 0 Å². The van der Waals surface area contributed by atoms with Gasteiger partial charge in [0.25, 0.3) is 5.69 Å². The molecule has 202 valence electrons.